The van der Waals surface area contributed by atoms with Crippen molar-refractivity contribution < 1.29 is 14.8 Å². The van der Waals surface area contributed by atoms with Crippen LogP contribution < -0.4 is 10.2 Å². The molecule has 1 aromatic heterocycles. The van der Waals surface area contributed by atoms with Gasteiger partial charge in [-0.3, -0.25) is 4.79 Å². The summed E-state index contributed by atoms with van der Waals surface area (Å²) >= 11 is 0. The summed E-state index contributed by atoms with van der Waals surface area (Å²) < 4.78 is 0. The van der Waals surface area contributed by atoms with E-state index in [1.807, 2.05) is 6.92 Å². The first kappa shape index (κ1) is 15.4. The minimum Gasteiger partial charge on any atom is -0.394 e. The third kappa shape index (κ3) is 2.36. The maximum atomic E-state index is 12.5. The number of aliphatic hydroxyl groups excluding tert-OH is 1. The zero-order valence-corrected chi connectivity index (χ0v) is 14.1. The normalized spacial score (nSPS) is 26.6. The number of nitrogens with one attached hydrogen (secondary N) is 3. The molecular weight excluding hydrogens is 302 g/mol. The number of carbonyl (C=O) groups excluding carboxylic acids is 1. The van der Waals surface area contributed by atoms with E-state index >= 15 is 0 Å². The Morgan fingerprint density at radius 2 is 2.33 bits per heavy atom. The highest BCUT2D eigenvalue weighted by atomic mass is 16.3. The lowest BCUT2D eigenvalue weighted by atomic mass is 9.80. The Kier molecular flexibility index (Phi) is 3.70. The van der Waals surface area contributed by atoms with Crippen molar-refractivity contribution in [3.8, 4) is 0 Å². The average Bonchev–Trinajstić information content (AvgIpc) is 3.00. The van der Waals surface area contributed by atoms with Crippen molar-refractivity contribution in [2.75, 3.05) is 20.2 Å². The Hall–Kier alpha value is -2.11. The number of aromatic amines is 1. The molecule has 5 nitrogen and oxygen atoms in total. The van der Waals surface area contributed by atoms with Crippen molar-refractivity contribution >= 4 is 22.4 Å². The molecule has 2 aliphatic rings. The second-order valence-electron chi connectivity index (χ2n) is 7.17. The van der Waals surface area contributed by atoms with Gasteiger partial charge in [0.1, 0.15) is 12.0 Å². The molecule has 2 aromatic rings. The number of quaternary nitrogens is 1. The van der Waals surface area contributed by atoms with Crippen LogP contribution in [-0.2, 0) is 11.2 Å². The van der Waals surface area contributed by atoms with Crippen LogP contribution in [0.25, 0.3) is 16.5 Å². The maximum Gasteiger partial charge on any atom is 0.232 e. The summed E-state index contributed by atoms with van der Waals surface area (Å²) in [5, 5.41) is 13.4. The van der Waals surface area contributed by atoms with Crippen LogP contribution in [0.5, 0.6) is 0 Å². The van der Waals surface area contributed by atoms with Crippen LogP contribution in [-0.4, -0.2) is 48.3 Å². The molecule has 4 rings (SSSR count). The van der Waals surface area contributed by atoms with Gasteiger partial charge in [0, 0.05) is 35.1 Å². The molecule has 1 amide bonds. The van der Waals surface area contributed by atoms with E-state index in [-0.39, 0.29) is 24.5 Å². The average molecular weight is 326 g/mol. The number of amides is 1. The lowest BCUT2D eigenvalue weighted by Gasteiger charge is -2.36. The minimum atomic E-state index is -0.208. The third-order valence-corrected chi connectivity index (χ3v) is 5.41. The molecule has 0 radical (unpaired) electrons. The fraction of sp³-hybridized carbons (Fsp3) is 0.421. The van der Waals surface area contributed by atoms with Gasteiger partial charge in [0.05, 0.1) is 20.2 Å². The van der Waals surface area contributed by atoms with Crippen LogP contribution in [0.3, 0.4) is 0 Å². The van der Waals surface area contributed by atoms with Crippen LogP contribution >= 0.6 is 0 Å². The predicted octanol–water partition coefficient (Wildman–Crippen LogP) is 0.118. The van der Waals surface area contributed by atoms with Crippen LogP contribution in [0.15, 0.2) is 30.5 Å². The van der Waals surface area contributed by atoms with E-state index in [2.05, 4.69) is 47.8 Å². The molecule has 24 heavy (non-hydrogen) atoms. The zero-order chi connectivity index (χ0) is 16.8. The van der Waals surface area contributed by atoms with Crippen molar-refractivity contribution in [3.63, 3.8) is 0 Å². The van der Waals surface area contributed by atoms with Gasteiger partial charge < -0.3 is 20.3 Å². The van der Waals surface area contributed by atoms with E-state index in [4.69, 9.17) is 5.11 Å². The van der Waals surface area contributed by atoms with Crippen molar-refractivity contribution in [2.24, 2.45) is 5.92 Å². The molecule has 1 aliphatic carbocycles. The number of benzene rings is 1. The van der Waals surface area contributed by atoms with Crippen molar-refractivity contribution in [1.82, 2.24) is 10.3 Å². The smallest absolute Gasteiger partial charge is 0.232 e. The van der Waals surface area contributed by atoms with E-state index in [1.165, 1.54) is 32.5 Å². The van der Waals surface area contributed by atoms with Crippen LogP contribution in [0.2, 0.25) is 0 Å². The highest BCUT2D eigenvalue weighted by molar-refractivity contribution is 5.98. The zero-order valence-electron chi connectivity index (χ0n) is 14.1. The lowest BCUT2D eigenvalue weighted by molar-refractivity contribution is -0.900. The summed E-state index contributed by atoms with van der Waals surface area (Å²) in [6, 6.07) is 6.55. The van der Waals surface area contributed by atoms with Crippen molar-refractivity contribution in [2.45, 2.75) is 25.4 Å². The number of aliphatic hydroxyl groups is 1. The summed E-state index contributed by atoms with van der Waals surface area (Å²) in [4.78, 5) is 17.3. The molecule has 4 N–H and O–H groups in total. The molecule has 0 saturated heterocycles. The van der Waals surface area contributed by atoms with E-state index in [1.54, 1.807) is 0 Å². The first-order chi connectivity index (χ1) is 11.6. The van der Waals surface area contributed by atoms with E-state index in [0.717, 1.165) is 13.0 Å². The number of hydrogen-bond donors (Lipinski definition) is 4. The molecular formula is C19H24N3O2+. The summed E-state index contributed by atoms with van der Waals surface area (Å²) in [7, 11) is 2.17. The first-order valence-electron chi connectivity index (χ1n) is 8.63. The Morgan fingerprint density at radius 1 is 1.50 bits per heavy atom. The Labute approximate surface area is 141 Å². The second kappa shape index (κ2) is 5.76. The maximum absolute atomic E-state index is 12.5. The molecule has 4 atom stereocenters. The van der Waals surface area contributed by atoms with Gasteiger partial charge in [0.2, 0.25) is 5.91 Å². The van der Waals surface area contributed by atoms with Gasteiger partial charge in [-0.25, -0.2) is 0 Å². The molecule has 1 aromatic carbocycles. The number of hydrogen-bond acceptors (Lipinski definition) is 2. The van der Waals surface area contributed by atoms with E-state index in [9.17, 15) is 4.79 Å². The molecule has 0 fully saturated rings. The first-order valence-corrected chi connectivity index (χ1v) is 8.63. The van der Waals surface area contributed by atoms with E-state index in [0.29, 0.717) is 6.04 Å². The van der Waals surface area contributed by atoms with Gasteiger partial charge in [-0.2, -0.15) is 0 Å². The van der Waals surface area contributed by atoms with Crippen LogP contribution in [0.1, 0.15) is 18.1 Å². The summed E-state index contributed by atoms with van der Waals surface area (Å²) in [5.41, 5.74) is 5.08. The van der Waals surface area contributed by atoms with Crippen molar-refractivity contribution in [3.05, 3.63) is 41.6 Å². The second-order valence-corrected chi connectivity index (χ2v) is 7.17. The van der Waals surface area contributed by atoms with Crippen molar-refractivity contribution in [1.29, 1.82) is 0 Å². The van der Waals surface area contributed by atoms with Gasteiger partial charge >= 0.3 is 0 Å². The summed E-state index contributed by atoms with van der Waals surface area (Å²) in [6.07, 6.45) is 5.29. The molecule has 126 valence electrons. The van der Waals surface area contributed by atoms with E-state index < -0.39 is 0 Å². The molecule has 0 saturated carbocycles. The summed E-state index contributed by atoms with van der Waals surface area (Å²) in [5.74, 6) is -0.144. The predicted molar refractivity (Wildman–Crippen MR) is 93.7 cm³/mol. The molecule has 1 unspecified atom stereocenters. The summed E-state index contributed by atoms with van der Waals surface area (Å²) in [6.45, 7) is 2.57. The Bertz CT molecular complexity index is 823. The molecule has 0 bridgehead atoms. The number of likely N-dealkylation sites (N-methyl/N-ethyl adjacent to an activating group) is 1. The molecule has 2 heterocycles. The van der Waals surface area contributed by atoms with Gasteiger partial charge in [0.25, 0.3) is 0 Å². The largest absolute Gasteiger partial charge is 0.394 e. The monoisotopic (exact) mass is 326 g/mol. The Balaban J connectivity index is 1.75. The molecule has 1 aliphatic heterocycles. The third-order valence-electron chi connectivity index (χ3n) is 5.41. The number of aromatic nitrogens is 1. The number of fused-ring (bicyclic) bond motifs is 2. The number of carbonyl (C=O) groups is 1. The van der Waals surface area contributed by atoms with Crippen LogP contribution in [0, 0.1) is 5.92 Å². The van der Waals surface area contributed by atoms with Gasteiger partial charge in [-0.1, -0.05) is 18.2 Å². The molecule has 0 spiro atoms. The van der Waals surface area contributed by atoms with Crippen LogP contribution in [0.4, 0.5) is 0 Å². The van der Waals surface area contributed by atoms with Gasteiger partial charge in [-0.05, 0) is 24.1 Å². The molecule has 5 heteroatoms. The lowest BCUT2D eigenvalue weighted by Crippen LogP contribution is -3.15. The van der Waals surface area contributed by atoms with Gasteiger partial charge in [0.15, 0.2) is 0 Å². The Morgan fingerprint density at radius 3 is 3.12 bits per heavy atom. The standard InChI is InChI=1S/C19H23N3O2/c1-11(10-23)21-19(24)13-6-15-14-4-3-5-16-18(14)12(8-20-16)7-17(15)22(2)9-13/h3-6,8,11,13,17,20,23H,7,9-10H2,1-2H3,(H,21,24)/p+1/t11-,13+,17+/m0/s1. The highest BCUT2D eigenvalue weighted by Crippen LogP contribution is 2.37. The fourth-order valence-electron chi connectivity index (χ4n) is 4.15. The topological polar surface area (TPSA) is 69.6 Å². The number of rotatable bonds is 3. The fourth-order valence-corrected chi connectivity index (χ4v) is 4.15. The quantitative estimate of drug-likeness (QED) is 0.647. The highest BCUT2D eigenvalue weighted by Gasteiger charge is 2.38. The van der Waals surface area contributed by atoms with Gasteiger partial charge in [-0.15, -0.1) is 0 Å². The number of H-pyrrole nitrogens is 1. The SMILES string of the molecule is C[C@@H](CO)NC(=O)[C@@H]1C=C2c3cccc4[nH]cc(c34)C[C@H]2[NH+](C)C1. The minimum absolute atomic E-state index is 0.00823.